The van der Waals surface area contributed by atoms with Gasteiger partial charge < -0.3 is 9.26 Å². The third-order valence-electron chi connectivity index (χ3n) is 3.89. The monoisotopic (exact) mass is 299 g/mol. The molecule has 0 amide bonds. The first-order chi connectivity index (χ1) is 10.7. The Kier molecular flexibility index (Phi) is 2.97. The van der Waals surface area contributed by atoms with Gasteiger partial charge in [0.15, 0.2) is 5.65 Å². The molecule has 22 heavy (non-hydrogen) atoms. The molecular weight excluding hydrogens is 282 g/mol. The van der Waals surface area contributed by atoms with Crippen molar-refractivity contribution >= 4 is 5.65 Å². The molecular formula is C15H17N5O2. The molecule has 0 N–H and O–H groups in total. The van der Waals surface area contributed by atoms with E-state index in [9.17, 15) is 0 Å². The predicted molar refractivity (Wildman–Crippen MR) is 78.5 cm³/mol. The van der Waals surface area contributed by atoms with Gasteiger partial charge in [-0.3, -0.25) is 0 Å². The summed E-state index contributed by atoms with van der Waals surface area (Å²) in [6.07, 6.45) is 2.89. The van der Waals surface area contributed by atoms with Crippen LogP contribution in [0.25, 0.3) is 17.0 Å². The Morgan fingerprint density at radius 3 is 3.05 bits per heavy atom. The number of fused-ring (bicyclic) bond motifs is 1. The lowest BCUT2D eigenvalue weighted by atomic mass is 10.3. The summed E-state index contributed by atoms with van der Waals surface area (Å²) < 4.78 is 12.7. The van der Waals surface area contributed by atoms with Crippen molar-refractivity contribution < 1.29 is 9.26 Å². The van der Waals surface area contributed by atoms with Gasteiger partial charge in [-0.15, -0.1) is 0 Å². The molecule has 1 fully saturated rings. The fraction of sp³-hybridized carbons (Fsp3) is 0.467. The molecule has 4 rings (SSSR count). The molecule has 0 saturated heterocycles. The Bertz CT molecular complexity index is 838. The van der Waals surface area contributed by atoms with E-state index in [0.29, 0.717) is 18.3 Å². The van der Waals surface area contributed by atoms with E-state index in [1.807, 2.05) is 26.8 Å². The van der Waals surface area contributed by atoms with Gasteiger partial charge in [-0.05, 0) is 33.3 Å². The van der Waals surface area contributed by atoms with Gasteiger partial charge in [0, 0.05) is 18.0 Å². The van der Waals surface area contributed by atoms with Crippen LogP contribution in [0.4, 0.5) is 0 Å². The molecule has 1 saturated carbocycles. The second-order valence-corrected chi connectivity index (χ2v) is 5.62. The fourth-order valence-electron chi connectivity index (χ4n) is 2.75. The van der Waals surface area contributed by atoms with E-state index < -0.39 is 0 Å². The summed E-state index contributed by atoms with van der Waals surface area (Å²) in [5, 5.41) is 8.45. The summed E-state index contributed by atoms with van der Waals surface area (Å²) in [4.78, 5) is 9.05. The molecule has 0 spiro atoms. The van der Waals surface area contributed by atoms with E-state index in [-0.39, 0.29) is 12.0 Å². The Balaban J connectivity index is 1.70. The van der Waals surface area contributed by atoms with Crippen LogP contribution >= 0.6 is 0 Å². The normalized spacial score (nSPS) is 20.7. The molecule has 0 unspecified atom stereocenters. The van der Waals surface area contributed by atoms with E-state index in [1.165, 1.54) is 0 Å². The highest BCUT2D eigenvalue weighted by atomic mass is 16.5. The van der Waals surface area contributed by atoms with Gasteiger partial charge in [0.05, 0.1) is 23.8 Å². The molecule has 2 atom stereocenters. The van der Waals surface area contributed by atoms with Crippen molar-refractivity contribution in [3.05, 3.63) is 29.5 Å². The van der Waals surface area contributed by atoms with Crippen molar-refractivity contribution in [1.29, 1.82) is 0 Å². The Morgan fingerprint density at radius 1 is 1.36 bits per heavy atom. The standard InChI is InChI=1S/C15H17N5O2/c1-4-21-12-6-10(12)15-18-13(19-22-15)11-7-16-20-9(3)5-8(2)17-14(11)20/h5,7,10,12H,4,6H2,1-3H3/t10-,12-/m1/s1. The van der Waals surface area contributed by atoms with E-state index in [2.05, 4.69) is 20.2 Å². The van der Waals surface area contributed by atoms with Crippen molar-refractivity contribution in [1.82, 2.24) is 24.7 Å². The summed E-state index contributed by atoms with van der Waals surface area (Å²) in [7, 11) is 0. The minimum absolute atomic E-state index is 0.213. The Hall–Kier alpha value is -2.28. The molecule has 0 aromatic carbocycles. The fourth-order valence-corrected chi connectivity index (χ4v) is 2.75. The molecule has 0 bridgehead atoms. The van der Waals surface area contributed by atoms with Crippen LogP contribution in [0.2, 0.25) is 0 Å². The lowest BCUT2D eigenvalue weighted by Crippen LogP contribution is -1.97. The van der Waals surface area contributed by atoms with Crippen molar-refractivity contribution in [3.63, 3.8) is 0 Å². The van der Waals surface area contributed by atoms with Gasteiger partial charge in [-0.2, -0.15) is 10.1 Å². The van der Waals surface area contributed by atoms with E-state index in [1.54, 1.807) is 10.7 Å². The average molecular weight is 299 g/mol. The van der Waals surface area contributed by atoms with Crippen molar-refractivity contribution in [2.45, 2.75) is 39.2 Å². The number of hydrogen-bond acceptors (Lipinski definition) is 6. The highest BCUT2D eigenvalue weighted by Crippen LogP contribution is 2.43. The number of aromatic nitrogens is 5. The molecule has 7 heteroatoms. The molecule has 3 heterocycles. The largest absolute Gasteiger partial charge is 0.378 e. The van der Waals surface area contributed by atoms with Crippen LogP contribution in [-0.4, -0.2) is 37.4 Å². The number of hydrogen-bond donors (Lipinski definition) is 0. The molecule has 114 valence electrons. The van der Waals surface area contributed by atoms with Crippen LogP contribution in [0.15, 0.2) is 16.8 Å². The zero-order chi connectivity index (χ0) is 15.3. The van der Waals surface area contributed by atoms with Gasteiger partial charge >= 0.3 is 0 Å². The average Bonchev–Trinajstić information content (AvgIpc) is 2.91. The molecule has 7 nitrogen and oxygen atoms in total. The van der Waals surface area contributed by atoms with Crippen LogP contribution in [0.1, 0.15) is 36.5 Å². The lowest BCUT2D eigenvalue weighted by molar-refractivity contribution is 0.125. The van der Waals surface area contributed by atoms with Crippen molar-refractivity contribution in [2.75, 3.05) is 6.61 Å². The van der Waals surface area contributed by atoms with Crippen molar-refractivity contribution in [3.8, 4) is 11.4 Å². The van der Waals surface area contributed by atoms with Crippen LogP contribution < -0.4 is 0 Å². The summed E-state index contributed by atoms with van der Waals surface area (Å²) in [5.74, 6) is 1.39. The van der Waals surface area contributed by atoms with Crippen LogP contribution in [-0.2, 0) is 4.74 Å². The third kappa shape index (κ3) is 2.09. The SMILES string of the molecule is CCO[C@@H]1C[C@H]1c1nc(-c2cnn3c(C)cc(C)nc23)no1. The summed E-state index contributed by atoms with van der Waals surface area (Å²) in [6.45, 7) is 6.65. The number of aryl methyl sites for hydroxylation is 2. The van der Waals surface area contributed by atoms with E-state index in [0.717, 1.165) is 29.0 Å². The minimum atomic E-state index is 0.213. The topological polar surface area (TPSA) is 78.3 Å². The molecule has 1 aliphatic rings. The number of ether oxygens (including phenoxy) is 1. The zero-order valence-electron chi connectivity index (χ0n) is 12.8. The van der Waals surface area contributed by atoms with Crippen LogP contribution in [0.5, 0.6) is 0 Å². The maximum atomic E-state index is 5.56. The van der Waals surface area contributed by atoms with Gasteiger partial charge in [0.1, 0.15) is 0 Å². The van der Waals surface area contributed by atoms with Gasteiger partial charge in [-0.1, -0.05) is 5.16 Å². The summed E-state index contributed by atoms with van der Waals surface area (Å²) >= 11 is 0. The smallest absolute Gasteiger partial charge is 0.232 e. The van der Waals surface area contributed by atoms with Crippen molar-refractivity contribution in [2.24, 2.45) is 0 Å². The molecule has 3 aromatic rings. The van der Waals surface area contributed by atoms with Gasteiger partial charge in [0.2, 0.25) is 11.7 Å². The third-order valence-corrected chi connectivity index (χ3v) is 3.89. The predicted octanol–water partition coefficient (Wildman–Crippen LogP) is 2.29. The first-order valence-corrected chi connectivity index (χ1v) is 7.45. The zero-order valence-corrected chi connectivity index (χ0v) is 12.8. The maximum Gasteiger partial charge on any atom is 0.232 e. The Labute approximate surface area is 127 Å². The van der Waals surface area contributed by atoms with Crippen LogP contribution in [0, 0.1) is 13.8 Å². The van der Waals surface area contributed by atoms with Gasteiger partial charge in [0.25, 0.3) is 0 Å². The second kappa shape index (κ2) is 4.88. The minimum Gasteiger partial charge on any atom is -0.378 e. The highest BCUT2D eigenvalue weighted by Gasteiger charge is 2.43. The summed E-state index contributed by atoms with van der Waals surface area (Å²) in [5.41, 5.74) is 3.50. The highest BCUT2D eigenvalue weighted by molar-refractivity contribution is 5.72. The second-order valence-electron chi connectivity index (χ2n) is 5.62. The van der Waals surface area contributed by atoms with Crippen LogP contribution in [0.3, 0.4) is 0 Å². The Morgan fingerprint density at radius 2 is 2.23 bits per heavy atom. The molecule has 0 aliphatic heterocycles. The van der Waals surface area contributed by atoms with Gasteiger partial charge in [-0.25, -0.2) is 9.50 Å². The molecule has 3 aromatic heterocycles. The quantitative estimate of drug-likeness (QED) is 0.735. The lowest BCUT2D eigenvalue weighted by Gasteiger charge is -2.00. The number of rotatable bonds is 4. The first-order valence-electron chi connectivity index (χ1n) is 7.45. The van der Waals surface area contributed by atoms with E-state index >= 15 is 0 Å². The molecule has 1 aliphatic carbocycles. The van der Waals surface area contributed by atoms with E-state index in [4.69, 9.17) is 9.26 Å². The maximum absolute atomic E-state index is 5.56. The summed E-state index contributed by atoms with van der Waals surface area (Å²) in [6, 6.07) is 1.99. The molecule has 0 radical (unpaired) electrons. The number of nitrogens with zero attached hydrogens (tertiary/aromatic N) is 5. The first kappa shape index (κ1) is 13.4.